The van der Waals surface area contributed by atoms with Crippen LogP contribution in [0.5, 0.6) is 0 Å². The van der Waals surface area contributed by atoms with E-state index in [4.69, 9.17) is 4.74 Å². The summed E-state index contributed by atoms with van der Waals surface area (Å²) >= 11 is 1.13. The first-order chi connectivity index (χ1) is 13.4. The predicted octanol–water partition coefficient (Wildman–Crippen LogP) is 2.01. The highest BCUT2D eigenvalue weighted by Gasteiger charge is 2.14. The van der Waals surface area contributed by atoms with Crippen LogP contribution < -0.4 is 16.2 Å². The van der Waals surface area contributed by atoms with E-state index in [1.807, 2.05) is 19.9 Å². The van der Waals surface area contributed by atoms with Crippen molar-refractivity contribution in [3.05, 3.63) is 34.6 Å². The topological polar surface area (TPSA) is 102 Å². The van der Waals surface area contributed by atoms with E-state index in [0.29, 0.717) is 48.1 Å². The summed E-state index contributed by atoms with van der Waals surface area (Å²) in [6.45, 7) is 5.36. The lowest BCUT2D eigenvalue weighted by atomic mass is 10.2. The lowest BCUT2D eigenvalue weighted by molar-refractivity contribution is -0.117. The smallest absolute Gasteiger partial charge is 0.321 e. The summed E-state index contributed by atoms with van der Waals surface area (Å²) in [5.74, 6) is -0.180. The number of ether oxygens (including phenoxy) is 1. The number of nitrogens with zero attached hydrogens (tertiary/aromatic N) is 2. The molecule has 152 valence electrons. The average Bonchev–Trinajstić information content (AvgIpc) is 2.67. The molecule has 0 aliphatic carbocycles. The van der Waals surface area contributed by atoms with E-state index >= 15 is 0 Å². The molecule has 0 unspecified atom stereocenters. The van der Waals surface area contributed by atoms with Crippen LogP contribution in [0.4, 0.5) is 4.79 Å². The molecule has 9 heteroatoms. The van der Waals surface area contributed by atoms with E-state index in [0.717, 1.165) is 11.8 Å². The molecule has 8 nitrogen and oxygen atoms in total. The highest BCUT2D eigenvalue weighted by atomic mass is 32.2. The number of carbonyl (C=O) groups excluding carboxylic acids is 2. The van der Waals surface area contributed by atoms with Gasteiger partial charge < -0.3 is 10.1 Å². The standard InChI is InChI=1S/C19H26N4O4S/c1-13(2)11-20-18(26)22-16(24)12-28-19-21-15-8-5-4-7-14(15)17(25)23(19)9-6-10-27-3/h4-5,7-8,13H,6,9-12H2,1-3H3,(H2,20,22,24,26). The highest BCUT2D eigenvalue weighted by molar-refractivity contribution is 7.99. The maximum atomic E-state index is 12.8. The molecule has 0 aliphatic rings. The Balaban J connectivity index is 2.11. The zero-order valence-corrected chi connectivity index (χ0v) is 17.2. The molecule has 0 spiro atoms. The van der Waals surface area contributed by atoms with Crippen molar-refractivity contribution in [3.63, 3.8) is 0 Å². The second-order valence-electron chi connectivity index (χ2n) is 6.66. The van der Waals surface area contributed by atoms with E-state index in [-0.39, 0.29) is 11.3 Å². The van der Waals surface area contributed by atoms with Crippen molar-refractivity contribution in [2.45, 2.75) is 32.0 Å². The van der Waals surface area contributed by atoms with Crippen molar-refractivity contribution in [1.82, 2.24) is 20.2 Å². The quantitative estimate of drug-likeness (QED) is 0.375. The number of rotatable bonds is 9. The Morgan fingerprint density at radius 2 is 2.04 bits per heavy atom. The Morgan fingerprint density at radius 1 is 1.29 bits per heavy atom. The molecular formula is C19H26N4O4S. The number of benzene rings is 1. The SMILES string of the molecule is COCCCn1c(SCC(=O)NC(=O)NCC(C)C)nc2ccccc2c1=O. The van der Waals surface area contributed by atoms with Gasteiger partial charge in [0.2, 0.25) is 5.91 Å². The number of nitrogens with one attached hydrogen (secondary N) is 2. The van der Waals surface area contributed by atoms with Crippen LogP contribution in [0.1, 0.15) is 20.3 Å². The molecule has 1 aromatic carbocycles. The Hall–Kier alpha value is -2.39. The Labute approximate surface area is 168 Å². The van der Waals surface area contributed by atoms with E-state index in [9.17, 15) is 14.4 Å². The number of aromatic nitrogens is 2. The second kappa shape index (κ2) is 10.8. The zero-order chi connectivity index (χ0) is 20.5. The molecule has 0 saturated heterocycles. The minimum Gasteiger partial charge on any atom is -0.385 e. The molecule has 0 atom stereocenters. The van der Waals surface area contributed by atoms with Gasteiger partial charge in [-0.3, -0.25) is 19.5 Å². The molecule has 2 aromatic rings. The van der Waals surface area contributed by atoms with E-state index < -0.39 is 11.9 Å². The van der Waals surface area contributed by atoms with Gasteiger partial charge in [0.05, 0.1) is 16.7 Å². The number of hydrogen-bond donors (Lipinski definition) is 2. The van der Waals surface area contributed by atoms with E-state index in [1.165, 1.54) is 0 Å². The van der Waals surface area contributed by atoms with Crippen molar-refractivity contribution in [1.29, 1.82) is 0 Å². The second-order valence-corrected chi connectivity index (χ2v) is 7.60. The monoisotopic (exact) mass is 406 g/mol. The van der Waals surface area contributed by atoms with Gasteiger partial charge in [0.15, 0.2) is 5.16 Å². The molecule has 1 aromatic heterocycles. The van der Waals surface area contributed by atoms with Crippen LogP contribution in [0.25, 0.3) is 10.9 Å². The molecule has 1 heterocycles. The Bertz CT molecular complexity index is 882. The number of imide groups is 1. The number of para-hydroxylation sites is 1. The lowest BCUT2D eigenvalue weighted by Gasteiger charge is -2.13. The number of fused-ring (bicyclic) bond motifs is 1. The van der Waals surface area contributed by atoms with Crippen molar-refractivity contribution >= 4 is 34.6 Å². The first kappa shape index (κ1) is 21.9. The van der Waals surface area contributed by atoms with Gasteiger partial charge in [0.25, 0.3) is 5.56 Å². The molecule has 0 radical (unpaired) electrons. The summed E-state index contributed by atoms with van der Waals surface area (Å²) in [7, 11) is 1.60. The molecular weight excluding hydrogens is 380 g/mol. The van der Waals surface area contributed by atoms with Gasteiger partial charge in [0, 0.05) is 26.8 Å². The Morgan fingerprint density at radius 3 is 2.75 bits per heavy atom. The van der Waals surface area contributed by atoms with Gasteiger partial charge in [-0.15, -0.1) is 0 Å². The summed E-state index contributed by atoms with van der Waals surface area (Å²) in [6.07, 6.45) is 0.647. The maximum Gasteiger partial charge on any atom is 0.321 e. The fourth-order valence-corrected chi connectivity index (χ4v) is 3.28. The van der Waals surface area contributed by atoms with Gasteiger partial charge in [-0.05, 0) is 24.5 Å². The zero-order valence-electron chi connectivity index (χ0n) is 16.4. The number of thioether (sulfide) groups is 1. The van der Waals surface area contributed by atoms with Crippen molar-refractivity contribution < 1.29 is 14.3 Å². The maximum absolute atomic E-state index is 12.8. The summed E-state index contributed by atoms with van der Waals surface area (Å²) < 4.78 is 6.61. The molecule has 2 rings (SSSR count). The van der Waals surface area contributed by atoms with Crippen LogP contribution in [0, 0.1) is 5.92 Å². The first-order valence-corrected chi connectivity index (χ1v) is 10.1. The minimum absolute atomic E-state index is 0.0237. The minimum atomic E-state index is -0.525. The van der Waals surface area contributed by atoms with Crippen molar-refractivity contribution in [2.75, 3.05) is 26.0 Å². The van der Waals surface area contributed by atoms with Crippen LogP contribution in [-0.2, 0) is 16.1 Å². The Kier molecular flexibility index (Phi) is 8.46. The largest absolute Gasteiger partial charge is 0.385 e. The molecule has 0 saturated carbocycles. The number of urea groups is 1. The number of methoxy groups -OCH3 is 1. The molecule has 0 aliphatic heterocycles. The van der Waals surface area contributed by atoms with Crippen LogP contribution in [-0.4, -0.2) is 47.5 Å². The van der Waals surface area contributed by atoms with Crippen LogP contribution in [0.3, 0.4) is 0 Å². The van der Waals surface area contributed by atoms with Crippen LogP contribution in [0.2, 0.25) is 0 Å². The van der Waals surface area contributed by atoms with Crippen molar-refractivity contribution in [2.24, 2.45) is 5.92 Å². The van der Waals surface area contributed by atoms with Gasteiger partial charge in [-0.1, -0.05) is 37.7 Å². The summed E-state index contributed by atoms with van der Waals surface area (Å²) in [5, 5.41) is 5.88. The summed E-state index contributed by atoms with van der Waals surface area (Å²) in [5.41, 5.74) is 0.423. The third-order valence-corrected chi connectivity index (χ3v) is 4.79. The predicted molar refractivity (Wildman–Crippen MR) is 110 cm³/mol. The fourth-order valence-electron chi connectivity index (χ4n) is 2.46. The lowest BCUT2D eigenvalue weighted by Crippen LogP contribution is -2.41. The molecule has 3 amide bonds. The normalized spacial score (nSPS) is 11.0. The summed E-state index contributed by atoms with van der Waals surface area (Å²) in [4.78, 5) is 41.1. The van der Waals surface area contributed by atoms with Crippen molar-refractivity contribution in [3.8, 4) is 0 Å². The van der Waals surface area contributed by atoms with Crippen LogP contribution >= 0.6 is 11.8 Å². The number of amides is 3. The molecule has 2 N–H and O–H groups in total. The summed E-state index contributed by atoms with van der Waals surface area (Å²) in [6, 6.07) is 6.58. The molecule has 0 bridgehead atoms. The highest BCUT2D eigenvalue weighted by Crippen LogP contribution is 2.18. The molecule has 0 fully saturated rings. The van der Waals surface area contributed by atoms with Gasteiger partial charge in [-0.2, -0.15) is 0 Å². The van der Waals surface area contributed by atoms with Gasteiger partial charge in [-0.25, -0.2) is 9.78 Å². The number of carbonyl (C=O) groups is 2. The van der Waals surface area contributed by atoms with Gasteiger partial charge >= 0.3 is 6.03 Å². The molecule has 28 heavy (non-hydrogen) atoms. The first-order valence-electron chi connectivity index (χ1n) is 9.11. The van der Waals surface area contributed by atoms with E-state index in [2.05, 4.69) is 15.6 Å². The fraction of sp³-hybridized carbons (Fsp3) is 0.474. The third kappa shape index (κ3) is 6.35. The van der Waals surface area contributed by atoms with Gasteiger partial charge in [0.1, 0.15) is 0 Å². The van der Waals surface area contributed by atoms with E-state index in [1.54, 1.807) is 29.9 Å². The third-order valence-electron chi connectivity index (χ3n) is 3.81. The van der Waals surface area contributed by atoms with Crippen LogP contribution in [0.15, 0.2) is 34.2 Å². The number of hydrogen-bond acceptors (Lipinski definition) is 6. The average molecular weight is 407 g/mol.